The highest BCUT2D eigenvalue weighted by Gasteiger charge is 2.43. The first-order chi connectivity index (χ1) is 10.8. The molecule has 0 amide bonds. The van der Waals surface area contributed by atoms with Gasteiger partial charge in [0.15, 0.2) is 5.79 Å². The van der Waals surface area contributed by atoms with Gasteiger partial charge in [0.05, 0.1) is 29.5 Å². The van der Waals surface area contributed by atoms with Gasteiger partial charge in [0.25, 0.3) is 0 Å². The Balaban J connectivity index is 1.77. The molecule has 1 spiro atoms. The molecule has 124 valence electrons. The predicted molar refractivity (Wildman–Crippen MR) is 76.8 cm³/mol. The molecule has 2 fully saturated rings. The first-order valence-corrected chi connectivity index (χ1v) is 7.51. The van der Waals surface area contributed by atoms with Crippen LogP contribution < -0.4 is 4.90 Å². The molecule has 0 saturated carbocycles. The van der Waals surface area contributed by atoms with Crippen LogP contribution in [0.15, 0.2) is 18.2 Å². The Hall–Kier alpha value is -1.78. The number of ether oxygens (including phenoxy) is 2. The lowest BCUT2D eigenvalue weighted by Crippen LogP contribution is -2.45. The zero-order chi connectivity index (χ0) is 16.7. The molecule has 7 heteroatoms. The minimum absolute atomic E-state index is 0.0393. The zero-order valence-corrected chi connectivity index (χ0v) is 12.7. The molecular formula is C16H17F3N2O2. The third-order valence-electron chi connectivity index (χ3n) is 4.31. The van der Waals surface area contributed by atoms with Crippen LogP contribution in [0.25, 0.3) is 0 Å². The number of hydrogen-bond donors (Lipinski definition) is 0. The van der Waals surface area contributed by atoms with E-state index in [1.165, 1.54) is 6.07 Å². The van der Waals surface area contributed by atoms with E-state index in [0.717, 1.165) is 12.1 Å². The minimum Gasteiger partial charge on any atom is -0.370 e. The summed E-state index contributed by atoms with van der Waals surface area (Å²) in [6.07, 6.45) is -3.13. The van der Waals surface area contributed by atoms with E-state index in [-0.39, 0.29) is 11.7 Å². The number of rotatable bonds is 1. The molecule has 4 nitrogen and oxygen atoms in total. The largest absolute Gasteiger partial charge is 0.416 e. The van der Waals surface area contributed by atoms with Crippen LogP contribution in [0.1, 0.15) is 30.9 Å². The van der Waals surface area contributed by atoms with Crippen molar-refractivity contribution in [3.63, 3.8) is 0 Å². The van der Waals surface area contributed by atoms with Gasteiger partial charge in [-0.15, -0.1) is 0 Å². The van der Waals surface area contributed by atoms with E-state index in [0.29, 0.717) is 38.2 Å². The first-order valence-electron chi connectivity index (χ1n) is 7.51. The van der Waals surface area contributed by atoms with Gasteiger partial charge >= 0.3 is 6.18 Å². The molecule has 1 atom stereocenters. The lowest BCUT2D eigenvalue weighted by molar-refractivity contribution is -0.178. The molecule has 23 heavy (non-hydrogen) atoms. The van der Waals surface area contributed by atoms with Crippen LogP contribution in [0.4, 0.5) is 18.9 Å². The number of nitriles is 1. The topological polar surface area (TPSA) is 45.5 Å². The number of benzene rings is 1. The maximum atomic E-state index is 12.8. The quantitative estimate of drug-likeness (QED) is 0.794. The molecule has 2 heterocycles. The van der Waals surface area contributed by atoms with Crippen molar-refractivity contribution in [1.29, 1.82) is 5.26 Å². The highest BCUT2D eigenvalue weighted by Crippen LogP contribution is 2.37. The molecular weight excluding hydrogens is 309 g/mol. The van der Waals surface area contributed by atoms with Crippen molar-refractivity contribution >= 4 is 5.69 Å². The van der Waals surface area contributed by atoms with E-state index in [2.05, 4.69) is 0 Å². The van der Waals surface area contributed by atoms with Crippen LogP contribution in [-0.2, 0) is 15.7 Å². The molecule has 0 aromatic heterocycles. The second-order valence-corrected chi connectivity index (χ2v) is 5.98. The summed E-state index contributed by atoms with van der Waals surface area (Å²) >= 11 is 0. The lowest BCUT2D eigenvalue weighted by atomic mass is 10.0. The summed E-state index contributed by atoms with van der Waals surface area (Å²) in [6, 6.07) is 5.17. The van der Waals surface area contributed by atoms with Crippen LogP contribution in [0, 0.1) is 11.3 Å². The Labute approximate surface area is 132 Å². The third-order valence-corrected chi connectivity index (χ3v) is 4.31. The van der Waals surface area contributed by atoms with E-state index < -0.39 is 17.5 Å². The van der Waals surface area contributed by atoms with Gasteiger partial charge in [-0.2, -0.15) is 18.4 Å². The minimum atomic E-state index is -4.45. The van der Waals surface area contributed by atoms with E-state index in [4.69, 9.17) is 9.47 Å². The number of halogens is 3. The monoisotopic (exact) mass is 326 g/mol. The molecule has 2 aliphatic heterocycles. The zero-order valence-electron chi connectivity index (χ0n) is 12.7. The van der Waals surface area contributed by atoms with Gasteiger partial charge < -0.3 is 14.4 Å². The van der Waals surface area contributed by atoms with Gasteiger partial charge in [-0.25, -0.2) is 0 Å². The predicted octanol–water partition coefficient (Wildman–Crippen LogP) is 3.31. The van der Waals surface area contributed by atoms with E-state index in [1.807, 2.05) is 17.9 Å². The van der Waals surface area contributed by atoms with Gasteiger partial charge in [-0.1, -0.05) is 0 Å². The Morgan fingerprint density at radius 2 is 2.00 bits per heavy atom. The normalized spacial score (nSPS) is 24.0. The SMILES string of the molecule is CC1COC2(CCN(c3ccc(C(F)(F)F)cc3C#N)CC2)O1. The Bertz CT molecular complexity index is 631. The third kappa shape index (κ3) is 3.14. The molecule has 1 unspecified atom stereocenters. The summed E-state index contributed by atoms with van der Waals surface area (Å²) in [5.41, 5.74) is -0.235. The van der Waals surface area contributed by atoms with Gasteiger partial charge in [0.1, 0.15) is 6.07 Å². The van der Waals surface area contributed by atoms with Crippen LogP contribution in [-0.4, -0.2) is 31.6 Å². The maximum Gasteiger partial charge on any atom is 0.416 e. The molecule has 1 aromatic carbocycles. The second kappa shape index (κ2) is 5.69. The fourth-order valence-corrected chi connectivity index (χ4v) is 3.13. The van der Waals surface area contributed by atoms with Gasteiger partial charge in [0.2, 0.25) is 0 Å². The molecule has 3 rings (SSSR count). The van der Waals surface area contributed by atoms with Crippen molar-refractivity contribution in [2.75, 3.05) is 24.6 Å². The van der Waals surface area contributed by atoms with Crippen molar-refractivity contribution in [2.45, 2.75) is 37.8 Å². The summed E-state index contributed by atoms with van der Waals surface area (Å²) < 4.78 is 49.8. The highest BCUT2D eigenvalue weighted by atomic mass is 19.4. The average Bonchev–Trinajstić information content (AvgIpc) is 2.87. The summed E-state index contributed by atoms with van der Waals surface area (Å²) in [4.78, 5) is 1.92. The number of piperidine rings is 1. The van der Waals surface area contributed by atoms with Crippen molar-refractivity contribution in [3.8, 4) is 6.07 Å². The lowest BCUT2D eigenvalue weighted by Gasteiger charge is -2.39. The van der Waals surface area contributed by atoms with Crippen molar-refractivity contribution in [3.05, 3.63) is 29.3 Å². The Morgan fingerprint density at radius 3 is 2.52 bits per heavy atom. The Morgan fingerprint density at radius 1 is 1.30 bits per heavy atom. The van der Waals surface area contributed by atoms with E-state index >= 15 is 0 Å². The highest BCUT2D eigenvalue weighted by molar-refractivity contribution is 5.61. The Kier molecular flexibility index (Phi) is 3.98. The standard InChI is InChI=1S/C16H17F3N2O2/c1-11-10-22-15(23-11)4-6-21(7-5-15)14-3-2-13(16(17,18)19)8-12(14)9-20/h2-3,8,11H,4-7,10H2,1H3. The maximum absolute atomic E-state index is 12.8. The van der Waals surface area contributed by atoms with Gasteiger partial charge in [-0.3, -0.25) is 0 Å². The summed E-state index contributed by atoms with van der Waals surface area (Å²) in [7, 11) is 0. The second-order valence-electron chi connectivity index (χ2n) is 5.98. The number of alkyl halides is 3. The van der Waals surface area contributed by atoms with Crippen LogP contribution in [0.5, 0.6) is 0 Å². The fourth-order valence-electron chi connectivity index (χ4n) is 3.13. The number of hydrogen-bond acceptors (Lipinski definition) is 4. The van der Waals surface area contributed by atoms with Gasteiger partial charge in [-0.05, 0) is 25.1 Å². The average molecular weight is 326 g/mol. The summed E-state index contributed by atoms with van der Waals surface area (Å²) in [5.74, 6) is -0.575. The van der Waals surface area contributed by atoms with Crippen LogP contribution in [0.3, 0.4) is 0 Å². The molecule has 2 aliphatic rings. The smallest absolute Gasteiger partial charge is 0.370 e. The van der Waals surface area contributed by atoms with Crippen LogP contribution >= 0.6 is 0 Å². The molecule has 0 bridgehead atoms. The van der Waals surface area contributed by atoms with Crippen LogP contribution in [0.2, 0.25) is 0 Å². The molecule has 0 radical (unpaired) electrons. The molecule has 0 N–H and O–H groups in total. The van der Waals surface area contributed by atoms with Gasteiger partial charge in [0, 0.05) is 25.9 Å². The molecule has 1 aromatic rings. The van der Waals surface area contributed by atoms with Crippen molar-refractivity contribution in [1.82, 2.24) is 0 Å². The first kappa shape index (κ1) is 16.1. The number of anilines is 1. The van der Waals surface area contributed by atoms with Crippen molar-refractivity contribution < 1.29 is 22.6 Å². The molecule has 2 saturated heterocycles. The fraction of sp³-hybridized carbons (Fsp3) is 0.562. The van der Waals surface area contributed by atoms with E-state index in [9.17, 15) is 18.4 Å². The number of nitrogens with zero attached hydrogens (tertiary/aromatic N) is 2. The summed E-state index contributed by atoms with van der Waals surface area (Å²) in [5, 5.41) is 9.19. The summed E-state index contributed by atoms with van der Waals surface area (Å²) in [6.45, 7) is 3.66. The van der Waals surface area contributed by atoms with Crippen molar-refractivity contribution in [2.24, 2.45) is 0 Å². The van der Waals surface area contributed by atoms with E-state index in [1.54, 1.807) is 0 Å². The molecule has 0 aliphatic carbocycles.